The molecule has 29 heavy (non-hydrogen) atoms. The fourth-order valence-electron chi connectivity index (χ4n) is 4.16. The zero-order valence-corrected chi connectivity index (χ0v) is 20.4. The molecule has 0 aromatic heterocycles. The van der Waals surface area contributed by atoms with Crippen LogP contribution in [0.5, 0.6) is 0 Å². The highest BCUT2D eigenvalue weighted by atomic mass is 16.5. The van der Waals surface area contributed by atoms with Crippen molar-refractivity contribution in [1.82, 2.24) is 0 Å². The summed E-state index contributed by atoms with van der Waals surface area (Å²) in [5, 5.41) is 0. The third-order valence-corrected chi connectivity index (χ3v) is 5.85. The van der Waals surface area contributed by atoms with Crippen LogP contribution in [-0.4, -0.2) is 43.7 Å². The molecule has 0 aromatic carbocycles. The van der Waals surface area contributed by atoms with Crippen LogP contribution < -0.4 is 0 Å². The third-order valence-electron chi connectivity index (χ3n) is 5.85. The number of likely N-dealkylation sites (N-methyl/N-ethyl adjacent to an activating group) is 1. The first kappa shape index (κ1) is 28.2. The molecular weight excluding hydrogens is 358 g/mol. The van der Waals surface area contributed by atoms with Crippen LogP contribution in [0.4, 0.5) is 0 Å². The van der Waals surface area contributed by atoms with Gasteiger partial charge in [-0.05, 0) is 19.8 Å². The van der Waals surface area contributed by atoms with Gasteiger partial charge in [-0.25, -0.2) is 4.79 Å². The van der Waals surface area contributed by atoms with Crippen LogP contribution in [0.25, 0.3) is 0 Å². The number of carbonyl (C=O) groups is 1. The second-order valence-electron chi connectivity index (χ2n) is 9.60. The topological polar surface area (TPSA) is 26.3 Å². The molecule has 0 heterocycles. The van der Waals surface area contributed by atoms with Gasteiger partial charge in [-0.2, -0.15) is 0 Å². The molecule has 0 fully saturated rings. The first-order valence-electron chi connectivity index (χ1n) is 12.6. The summed E-state index contributed by atoms with van der Waals surface area (Å²) < 4.78 is 6.20. The summed E-state index contributed by atoms with van der Waals surface area (Å²) in [6.45, 7) is 9.72. The number of carbonyl (C=O) groups excluding carboxylic acids is 1. The van der Waals surface area contributed by atoms with Crippen molar-refractivity contribution < 1.29 is 14.0 Å². The summed E-state index contributed by atoms with van der Waals surface area (Å²) in [6, 6.07) is 0. The van der Waals surface area contributed by atoms with Crippen LogP contribution in [0.1, 0.15) is 117 Å². The highest BCUT2D eigenvalue weighted by molar-refractivity contribution is 5.81. The van der Waals surface area contributed by atoms with Gasteiger partial charge in [0.2, 0.25) is 0 Å². The Hall–Kier alpha value is -0.830. The van der Waals surface area contributed by atoms with E-state index in [1.54, 1.807) is 0 Å². The molecule has 0 amide bonds. The van der Waals surface area contributed by atoms with E-state index in [-0.39, 0.29) is 12.1 Å². The van der Waals surface area contributed by atoms with Gasteiger partial charge in [0.15, 0.2) is 0 Å². The predicted molar refractivity (Wildman–Crippen MR) is 127 cm³/mol. The summed E-state index contributed by atoms with van der Waals surface area (Å²) in [7, 11) is 4.45. The largest absolute Gasteiger partial charge is 0.454 e. The lowest BCUT2D eigenvalue weighted by atomic mass is 10.0. The number of rotatable bonds is 21. The Morgan fingerprint density at radius 3 is 1.55 bits per heavy atom. The van der Waals surface area contributed by atoms with Crippen LogP contribution in [0.15, 0.2) is 12.7 Å². The number of ether oxygens (including phenoxy) is 1. The van der Waals surface area contributed by atoms with Crippen LogP contribution in [0.2, 0.25) is 0 Å². The van der Waals surface area contributed by atoms with Crippen LogP contribution in [0.3, 0.4) is 0 Å². The van der Waals surface area contributed by atoms with Gasteiger partial charge in [-0.3, -0.25) is 0 Å². The van der Waals surface area contributed by atoms with Gasteiger partial charge in [0.25, 0.3) is 0 Å². The monoisotopic (exact) mass is 410 g/mol. The Kier molecular flexibility index (Phi) is 18.6. The lowest BCUT2D eigenvalue weighted by molar-refractivity contribution is -0.893. The second kappa shape index (κ2) is 19.2. The molecule has 3 nitrogen and oxygen atoms in total. The fraction of sp³-hybridized carbons (Fsp3) is 0.885. The summed E-state index contributed by atoms with van der Waals surface area (Å²) >= 11 is 0. The maximum atomic E-state index is 11.3. The minimum Gasteiger partial charge on any atom is -0.454 e. The molecule has 0 rings (SSSR count). The van der Waals surface area contributed by atoms with Crippen molar-refractivity contribution in [3.05, 3.63) is 12.7 Å². The standard InChI is InChI=1S/C26H52NO2/c1-6-8-9-10-11-12-13-14-15-16-17-18-19-20-21-22-23-27(4,5)24-25(3)29-26(28)7-2/h7,25H,2,6,8-24H2,1,3-5H3/q+1. The van der Waals surface area contributed by atoms with E-state index in [0.29, 0.717) is 0 Å². The first-order valence-corrected chi connectivity index (χ1v) is 12.6. The molecule has 0 aliphatic heterocycles. The maximum Gasteiger partial charge on any atom is 0.330 e. The zero-order chi connectivity index (χ0) is 21.8. The summed E-state index contributed by atoms with van der Waals surface area (Å²) in [5.41, 5.74) is 0. The van der Waals surface area contributed by atoms with Crippen molar-refractivity contribution >= 4 is 5.97 Å². The Morgan fingerprint density at radius 1 is 0.793 bits per heavy atom. The molecule has 0 bridgehead atoms. The van der Waals surface area contributed by atoms with Gasteiger partial charge < -0.3 is 9.22 Å². The zero-order valence-electron chi connectivity index (χ0n) is 20.4. The van der Waals surface area contributed by atoms with E-state index in [1.807, 2.05) is 6.92 Å². The van der Waals surface area contributed by atoms with Crippen molar-refractivity contribution in [3.8, 4) is 0 Å². The predicted octanol–water partition coefficient (Wildman–Crippen LogP) is 7.44. The minimum absolute atomic E-state index is 0.0587. The van der Waals surface area contributed by atoms with E-state index in [9.17, 15) is 4.79 Å². The van der Waals surface area contributed by atoms with E-state index in [4.69, 9.17) is 4.74 Å². The summed E-state index contributed by atoms with van der Waals surface area (Å²) in [4.78, 5) is 11.3. The number of hydrogen-bond donors (Lipinski definition) is 0. The molecule has 0 aliphatic rings. The third kappa shape index (κ3) is 20.2. The van der Waals surface area contributed by atoms with Gasteiger partial charge in [0.1, 0.15) is 12.6 Å². The number of esters is 1. The first-order chi connectivity index (χ1) is 13.9. The second-order valence-corrected chi connectivity index (χ2v) is 9.60. The highest BCUT2D eigenvalue weighted by Crippen LogP contribution is 2.14. The Balaban J connectivity index is 3.39. The maximum absolute atomic E-state index is 11.3. The molecule has 0 saturated carbocycles. The van der Waals surface area contributed by atoms with Crippen LogP contribution in [-0.2, 0) is 9.53 Å². The smallest absolute Gasteiger partial charge is 0.330 e. The number of unbranched alkanes of at least 4 members (excludes halogenated alkanes) is 15. The molecular formula is C26H52NO2+. The van der Waals surface area contributed by atoms with E-state index in [1.165, 1.54) is 109 Å². The molecule has 3 heteroatoms. The average Bonchev–Trinajstić information content (AvgIpc) is 2.66. The average molecular weight is 411 g/mol. The van der Waals surface area contributed by atoms with Gasteiger partial charge in [0, 0.05) is 6.08 Å². The Morgan fingerprint density at radius 2 is 1.17 bits per heavy atom. The summed E-state index contributed by atoms with van der Waals surface area (Å²) in [5.74, 6) is -0.320. The SMILES string of the molecule is C=CC(=O)OC(C)C[N+](C)(C)CCCCCCCCCCCCCCCCCC. The van der Waals surface area contributed by atoms with Crippen molar-refractivity contribution in [2.75, 3.05) is 27.2 Å². The van der Waals surface area contributed by atoms with Crippen LogP contribution >= 0.6 is 0 Å². The summed E-state index contributed by atoms with van der Waals surface area (Å²) in [6.07, 6.45) is 23.7. The van der Waals surface area contributed by atoms with E-state index in [2.05, 4.69) is 27.6 Å². The number of hydrogen-bond acceptors (Lipinski definition) is 2. The van der Waals surface area contributed by atoms with Crippen molar-refractivity contribution in [3.63, 3.8) is 0 Å². The quantitative estimate of drug-likeness (QED) is 0.0850. The molecule has 0 N–H and O–H groups in total. The number of quaternary nitrogens is 1. The Bertz CT molecular complexity index is 392. The molecule has 172 valence electrons. The van der Waals surface area contributed by atoms with Gasteiger partial charge >= 0.3 is 5.97 Å². The highest BCUT2D eigenvalue weighted by Gasteiger charge is 2.20. The molecule has 0 aromatic rings. The van der Waals surface area contributed by atoms with Gasteiger partial charge in [0.05, 0.1) is 20.6 Å². The lowest BCUT2D eigenvalue weighted by Gasteiger charge is -2.32. The molecule has 0 spiro atoms. The van der Waals surface area contributed by atoms with Crippen molar-refractivity contribution in [2.24, 2.45) is 0 Å². The molecule has 0 radical (unpaired) electrons. The number of nitrogens with zero attached hydrogens (tertiary/aromatic N) is 1. The molecule has 1 atom stereocenters. The van der Waals surface area contributed by atoms with Gasteiger partial charge in [-0.1, -0.05) is 103 Å². The molecule has 0 saturated heterocycles. The van der Waals surface area contributed by atoms with E-state index < -0.39 is 0 Å². The fourth-order valence-corrected chi connectivity index (χ4v) is 4.16. The van der Waals surface area contributed by atoms with Gasteiger partial charge in [-0.15, -0.1) is 0 Å². The van der Waals surface area contributed by atoms with E-state index >= 15 is 0 Å². The van der Waals surface area contributed by atoms with Crippen molar-refractivity contribution in [1.29, 1.82) is 0 Å². The minimum atomic E-state index is -0.320. The Labute approximate surface area is 182 Å². The lowest BCUT2D eigenvalue weighted by Crippen LogP contribution is -2.46. The molecule has 1 unspecified atom stereocenters. The van der Waals surface area contributed by atoms with E-state index in [0.717, 1.165) is 17.6 Å². The van der Waals surface area contributed by atoms with Crippen molar-refractivity contribution in [2.45, 2.75) is 123 Å². The normalized spacial score (nSPS) is 12.7. The molecule has 0 aliphatic carbocycles. The van der Waals surface area contributed by atoms with Crippen LogP contribution in [0, 0.1) is 0 Å².